The van der Waals surface area contributed by atoms with Crippen LogP contribution < -0.4 is 0 Å². The minimum absolute atomic E-state index is 0.00422. The topological polar surface area (TPSA) is 29.5 Å². The predicted octanol–water partition coefficient (Wildman–Crippen LogP) is 3.10. The summed E-state index contributed by atoms with van der Waals surface area (Å²) in [6.07, 6.45) is 0.943. The van der Waals surface area contributed by atoms with Crippen molar-refractivity contribution in [3.05, 3.63) is 35.9 Å². The molecule has 2 rings (SSSR count). The standard InChI is InChI=1S/C15H23NO2Si/c1-19(2,3)12-15(17)14-9-10-16(14)18-11-13-7-5-4-6-8-13/h4-8,14H,9-12H2,1-3H3. The van der Waals surface area contributed by atoms with Crippen LogP contribution in [-0.2, 0) is 16.2 Å². The van der Waals surface area contributed by atoms with Crippen LogP contribution >= 0.6 is 0 Å². The van der Waals surface area contributed by atoms with E-state index in [0.717, 1.165) is 24.6 Å². The van der Waals surface area contributed by atoms with Crippen molar-refractivity contribution in [3.63, 3.8) is 0 Å². The molecule has 0 amide bonds. The predicted molar refractivity (Wildman–Crippen MR) is 79.5 cm³/mol. The maximum atomic E-state index is 12.2. The molecule has 0 saturated carbocycles. The lowest BCUT2D eigenvalue weighted by molar-refractivity contribution is -0.235. The second-order valence-corrected chi connectivity index (χ2v) is 11.9. The lowest BCUT2D eigenvalue weighted by Gasteiger charge is -2.39. The number of nitrogens with zero attached hydrogens (tertiary/aromatic N) is 1. The van der Waals surface area contributed by atoms with Crippen LogP contribution in [0.25, 0.3) is 0 Å². The van der Waals surface area contributed by atoms with E-state index in [9.17, 15) is 4.79 Å². The highest BCUT2D eigenvalue weighted by atomic mass is 28.3. The van der Waals surface area contributed by atoms with E-state index in [1.807, 2.05) is 35.4 Å². The number of carbonyl (C=O) groups is 1. The van der Waals surface area contributed by atoms with Crippen LogP contribution in [0.2, 0.25) is 25.7 Å². The van der Waals surface area contributed by atoms with Crippen molar-refractivity contribution in [1.82, 2.24) is 5.06 Å². The Morgan fingerprint density at radius 3 is 2.53 bits per heavy atom. The normalized spacial score (nSPS) is 20.1. The Morgan fingerprint density at radius 1 is 1.32 bits per heavy atom. The number of Topliss-reactive ketones (excluding diaryl/α,β-unsaturated/α-hetero) is 1. The monoisotopic (exact) mass is 277 g/mol. The van der Waals surface area contributed by atoms with E-state index in [4.69, 9.17) is 4.84 Å². The maximum Gasteiger partial charge on any atom is 0.149 e. The molecule has 0 bridgehead atoms. The first-order valence-corrected chi connectivity index (χ1v) is 10.6. The van der Waals surface area contributed by atoms with Gasteiger partial charge in [-0.2, -0.15) is 5.06 Å². The zero-order valence-corrected chi connectivity index (χ0v) is 13.1. The third-order valence-electron chi connectivity index (χ3n) is 3.29. The molecule has 3 nitrogen and oxygen atoms in total. The highest BCUT2D eigenvalue weighted by molar-refractivity contribution is 6.78. The number of hydrogen-bond donors (Lipinski definition) is 0. The third-order valence-corrected chi connectivity index (χ3v) is 4.70. The van der Waals surface area contributed by atoms with Crippen molar-refractivity contribution in [1.29, 1.82) is 0 Å². The lowest BCUT2D eigenvalue weighted by atomic mass is 10.0. The van der Waals surface area contributed by atoms with Crippen molar-refractivity contribution in [2.45, 2.75) is 44.8 Å². The molecule has 0 spiro atoms. The van der Waals surface area contributed by atoms with Gasteiger partial charge >= 0.3 is 0 Å². The Balaban J connectivity index is 1.81. The Labute approximate surface area is 116 Å². The summed E-state index contributed by atoms with van der Waals surface area (Å²) < 4.78 is 0. The SMILES string of the molecule is C[Si](C)(C)CC(=O)C1CCN1OCc1ccccc1. The van der Waals surface area contributed by atoms with Gasteiger partial charge in [0.25, 0.3) is 0 Å². The van der Waals surface area contributed by atoms with E-state index in [1.165, 1.54) is 0 Å². The molecular weight excluding hydrogens is 254 g/mol. The van der Waals surface area contributed by atoms with Crippen LogP contribution in [0.4, 0.5) is 0 Å². The average molecular weight is 277 g/mol. The van der Waals surface area contributed by atoms with Gasteiger partial charge in [-0.05, 0) is 12.0 Å². The molecule has 1 aromatic rings. The van der Waals surface area contributed by atoms with Crippen LogP contribution in [0.1, 0.15) is 12.0 Å². The Kier molecular flexibility index (Phi) is 4.55. The van der Waals surface area contributed by atoms with Crippen LogP contribution in [0, 0.1) is 0 Å². The molecule has 104 valence electrons. The van der Waals surface area contributed by atoms with Gasteiger partial charge in [0.15, 0.2) is 0 Å². The molecule has 1 aliphatic rings. The summed E-state index contributed by atoms with van der Waals surface area (Å²) in [5.74, 6) is 0.360. The minimum Gasteiger partial charge on any atom is -0.298 e. The second kappa shape index (κ2) is 5.99. The summed E-state index contributed by atoms with van der Waals surface area (Å²) in [5.41, 5.74) is 1.14. The molecular formula is C15H23NO2Si. The average Bonchev–Trinajstić information content (AvgIpc) is 2.26. The van der Waals surface area contributed by atoms with Gasteiger partial charge in [-0.25, -0.2) is 0 Å². The second-order valence-electron chi connectivity index (χ2n) is 6.41. The lowest BCUT2D eigenvalue weighted by Crippen LogP contribution is -2.53. The minimum atomic E-state index is -1.31. The van der Waals surface area contributed by atoms with E-state index in [-0.39, 0.29) is 6.04 Å². The first kappa shape index (κ1) is 14.4. The van der Waals surface area contributed by atoms with E-state index >= 15 is 0 Å². The number of hydrogen-bond acceptors (Lipinski definition) is 3. The smallest absolute Gasteiger partial charge is 0.149 e. The van der Waals surface area contributed by atoms with Crippen LogP contribution in [-0.4, -0.2) is 31.5 Å². The van der Waals surface area contributed by atoms with Crippen molar-refractivity contribution in [3.8, 4) is 0 Å². The highest BCUT2D eigenvalue weighted by Crippen LogP contribution is 2.23. The molecule has 1 aliphatic heterocycles. The fraction of sp³-hybridized carbons (Fsp3) is 0.533. The molecule has 0 aliphatic carbocycles. The fourth-order valence-electron chi connectivity index (χ4n) is 2.21. The van der Waals surface area contributed by atoms with E-state index < -0.39 is 8.07 Å². The zero-order chi connectivity index (χ0) is 13.9. The maximum absolute atomic E-state index is 12.2. The number of carbonyl (C=O) groups excluding carboxylic acids is 1. The largest absolute Gasteiger partial charge is 0.298 e. The molecule has 4 heteroatoms. The summed E-state index contributed by atoms with van der Waals surface area (Å²) >= 11 is 0. The van der Waals surface area contributed by atoms with E-state index in [2.05, 4.69) is 19.6 Å². The summed E-state index contributed by atoms with van der Waals surface area (Å²) in [5, 5.41) is 1.86. The zero-order valence-electron chi connectivity index (χ0n) is 12.1. The Morgan fingerprint density at radius 2 is 2.00 bits per heavy atom. The molecule has 1 saturated heterocycles. The van der Waals surface area contributed by atoms with Crippen LogP contribution in [0.3, 0.4) is 0 Å². The van der Waals surface area contributed by atoms with Crippen molar-refractivity contribution < 1.29 is 9.63 Å². The molecule has 19 heavy (non-hydrogen) atoms. The van der Waals surface area contributed by atoms with Crippen molar-refractivity contribution in [2.24, 2.45) is 0 Å². The molecule has 1 fully saturated rings. The van der Waals surface area contributed by atoms with Gasteiger partial charge in [-0.15, -0.1) is 0 Å². The molecule has 1 heterocycles. The number of benzene rings is 1. The first-order chi connectivity index (χ1) is 8.96. The van der Waals surface area contributed by atoms with Gasteiger partial charge in [-0.1, -0.05) is 50.0 Å². The number of ketones is 1. The van der Waals surface area contributed by atoms with Crippen LogP contribution in [0.15, 0.2) is 30.3 Å². The van der Waals surface area contributed by atoms with Gasteiger partial charge in [0.1, 0.15) is 5.78 Å². The molecule has 1 atom stereocenters. The highest BCUT2D eigenvalue weighted by Gasteiger charge is 2.36. The summed E-state index contributed by atoms with van der Waals surface area (Å²) in [6.45, 7) is 8.13. The third kappa shape index (κ3) is 4.26. The van der Waals surface area contributed by atoms with Gasteiger partial charge < -0.3 is 0 Å². The van der Waals surface area contributed by atoms with Crippen molar-refractivity contribution in [2.75, 3.05) is 6.54 Å². The molecule has 1 unspecified atom stereocenters. The first-order valence-electron chi connectivity index (χ1n) is 6.92. The van der Waals surface area contributed by atoms with Crippen LogP contribution in [0.5, 0.6) is 0 Å². The molecule has 0 radical (unpaired) electrons. The molecule has 1 aromatic carbocycles. The number of rotatable bonds is 6. The fourth-order valence-corrected chi connectivity index (χ4v) is 3.49. The summed E-state index contributed by atoms with van der Waals surface area (Å²) in [6, 6.07) is 10.8. The Bertz CT molecular complexity index is 428. The van der Waals surface area contributed by atoms with Gasteiger partial charge in [-0.3, -0.25) is 9.63 Å². The summed E-state index contributed by atoms with van der Waals surface area (Å²) in [4.78, 5) is 17.9. The Hall–Kier alpha value is -0.973. The van der Waals surface area contributed by atoms with Gasteiger partial charge in [0.2, 0.25) is 0 Å². The van der Waals surface area contributed by atoms with Gasteiger partial charge in [0, 0.05) is 12.6 Å². The van der Waals surface area contributed by atoms with Crippen molar-refractivity contribution >= 4 is 13.9 Å². The molecule has 0 N–H and O–H groups in total. The molecule has 0 aromatic heterocycles. The summed E-state index contributed by atoms with van der Waals surface area (Å²) in [7, 11) is -1.31. The van der Waals surface area contributed by atoms with E-state index in [1.54, 1.807) is 0 Å². The number of hydroxylamine groups is 2. The van der Waals surface area contributed by atoms with E-state index in [0.29, 0.717) is 12.4 Å². The van der Waals surface area contributed by atoms with Gasteiger partial charge in [0.05, 0.1) is 20.7 Å². The quantitative estimate of drug-likeness (QED) is 0.748.